The van der Waals surface area contributed by atoms with Gasteiger partial charge in [0.2, 0.25) is 5.95 Å². The minimum Gasteiger partial charge on any atom is -0.356 e. The topological polar surface area (TPSA) is 47.7 Å². The van der Waals surface area contributed by atoms with Crippen LogP contribution in [0.1, 0.15) is 30.4 Å². The Morgan fingerprint density at radius 1 is 1.21 bits per heavy atom. The average Bonchev–Trinajstić information content (AvgIpc) is 2.87. The van der Waals surface area contributed by atoms with E-state index in [1.165, 1.54) is 5.69 Å². The van der Waals surface area contributed by atoms with Crippen LogP contribution in [-0.2, 0) is 13.1 Å². The molecule has 5 nitrogen and oxygen atoms in total. The highest BCUT2D eigenvalue weighted by atomic mass is 15.3. The van der Waals surface area contributed by atoms with Crippen LogP contribution < -0.4 is 5.32 Å². The molecule has 0 saturated heterocycles. The number of aryl methyl sites for hydroxylation is 5. The molecule has 2 heterocycles. The van der Waals surface area contributed by atoms with Gasteiger partial charge in [-0.05, 0) is 40.2 Å². The van der Waals surface area contributed by atoms with Crippen LogP contribution in [0.25, 0.3) is 0 Å². The zero-order valence-electron chi connectivity index (χ0n) is 12.3. The summed E-state index contributed by atoms with van der Waals surface area (Å²) < 4.78 is 4.20. The smallest absolute Gasteiger partial charge is 0.203 e. The Kier molecular flexibility index (Phi) is 4.24. The van der Waals surface area contributed by atoms with Crippen LogP contribution in [0.5, 0.6) is 0 Å². The Labute approximate surface area is 114 Å². The minimum atomic E-state index is 0.912. The van der Waals surface area contributed by atoms with E-state index in [1.807, 2.05) is 13.8 Å². The van der Waals surface area contributed by atoms with Gasteiger partial charge in [0.1, 0.15) is 0 Å². The van der Waals surface area contributed by atoms with Crippen LogP contribution in [0.15, 0.2) is 12.3 Å². The highest BCUT2D eigenvalue weighted by Crippen LogP contribution is 2.08. The molecule has 104 valence electrons. The third kappa shape index (κ3) is 3.36. The Morgan fingerprint density at radius 2 is 2.00 bits per heavy atom. The molecule has 19 heavy (non-hydrogen) atoms. The van der Waals surface area contributed by atoms with Crippen molar-refractivity contribution in [2.75, 3.05) is 11.9 Å². The van der Waals surface area contributed by atoms with Gasteiger partial charge in [-0.2, -0.15) is 5.10 Å². The molecule has 0 saturated carbocycles. The lowest BCUT2D eigenvalue weighted by atomic mass is 10.4. The molecular formula is C14H23N5. The molecule has 2 aromatic heterocycles. The lowest BCUT2D eigenvalue weighted by Gasteiger charge is -2.08. The standard InChI is InChI=1S/C14H23N5/c1-5-18-10-12(3)16-14(18)15-7-6-8-19-13(4)9-11(2)17-19/h9-10H,5-8H2,1-4H3,(H,15,16). The number of rotatable bonds is 6. The second kappa shape index (κ2) is 5.91. The van der Waals surface area contributed by atoms with Gasteiger partial charge in [0.25, 0.3) is 0 Å². The lowest BCUT2D eigenvalue weighted by Crippen LogP contribution is -2.11. The van der Waals surface area contributed by atoms with Gasteiger partial charge in [0.05, 0.1) is 11.4 Å². The SMILES string of the molecule is CCn1cc(C)nc1NCCCn1nc(C)cc1C. The maximum absolute atomic E-state index is 4.48. The van der Waals surface area contributed by atoms with E-state index < -0.39 is 0 Å². The first-order valence-corrected chi connectivity index (χ1v) is 6.89. The molecule has 0 aliphatic heterocycles. The van der Waals surface area contributed by atoms with Crippen molar-refractivity contribution in [1.29, 1.82) is 0 Å². The monoisotopic (exact) mass is 261 g/mol. The fraction of sp³-hybridized carbons (Fsp3) is 0.571. The molecule has 2 rings (SSSR count). The van der Waals surface area contributed by atoms with Gasteiger partial charge in [0.15, 0.2) is 0 Å². The second-order valence-corrected chi connectivity index (χ2v) is 4.92. The number of nitrogens with one attached hydrogen (secondary N) is 1. The first-order chi connectivity index (χ1) is 9.10. The quantitative estimate of drug-likeness (QED) is 0.813. The van der Waals surface area contributed by atoms with Gasteiger partial charge in [-0.3, -0.25) is 4.68 Å². The van der Waals surface area contributed by atoms with Gasteiger partial charge < -0.3 is 9.88 Å². The predicted octanol–water partition coefficient (Wildman–Crippen LogP) is 2.53. The molecule has 0 aromatic carbocycles. The molecule has 1 N–H and O–H groups in total. The zero-order chi connectivity index (χ0) is 13.8. The van der Waals surface area contributed by atoms with Crippen LogP contribution >= 0.6 is 0 Å². The first kappa shape index (κ1) is 13.6. The van der Waals surface area contributed by atoms with Crippen LogP contribution in [0.3, 0.4) is 0 Å². The van der Waals surface area contributed by atoms with E-state index in [2.05, 4.69) is 50.8 Å². The van der Waals surface area contributed by atoms with Crippen molar-refractivity contribution in [2.24, 2.45) is 0 Å². The fourth-order valence-corrected chi connectivity index (χ4v) is 2.26. The molecular weight excluding hydrogens is 238 g/mol. The summed E-state index contributed by atoms with van der Waals surface area (Å²) in [6, 6.07) is 2.11. The zero-order valence-corrected chi connectivity index (χ0v) is 12.3. The van der Waals surface area contributed by atoms with Crippen molar-refractivity contribution in [2.45, 2.75) is 47.2 Å². The number of hydrogen-bond acceptors (Lipinski definition) is 3. The molecule has 0 spiro atoms. The van der Waals surface area contributed by atoms with Crippen LogP contribution in [0.2, 0.25) is 0 Å². The van der Waals surface area contributed by atoms with E-state index in [0.717, 1.165) is 43.4 Å². The molecule has 5 heteroatoms. The van der Waals surface area contributed by atoms with E-state index in [0.29, 0.717) is 0 Å². The van der Waals surface area contributed by atoms with Crippen molar-refractivity contribution in [3.05, 3.63) is 29.3 Å². The van der Waals surface area contributed by atoms with Crippen molar-refractivity contribution in [1.82, 2.24) is 19.3 Å². The van der Waals surface area contributed by atoms with Crippen molar-refractivity contribution < 1.29 is 0 Å². The Morgan fingerprint density at radius 3 is 2.63 bits per heavy atom. The summed E-state index contributed by atoms with van der Waals surface area (Å²) in [5.74, 6) is 0.966. The minimum absolute atomic E-state index is 0.912. The highest BCUT2D eigenvalue weighted by Gasteiger charge is 2.04. The molecule has 0 unspecified atom stereocenters. The summed E-state index contributed by atoms with van der Waals surface area (Å²) in [6.45, 7) is 11.1. The van der Waals surface area contributed by atoms with Gasteiger partial charge in [-0.25, -0.2) is 4.98 Å². The summed E-state index contributed by atoms with van der Waals surface area (Å²) in [6.07, 6.45) is 3.11. The normalized spacial score (nSPS) is 10.9. The van der Waals surface area contributed by atoms with E-state index in [9.17, 15) is 0 Å². The van der Waals surface area contributed by atoms with Crippen molar-refractivity contribution >= 4 is 5.95 Å². The number of nitrogens with zero attached hydrogens (tertiary/aromatic N) is 4. The summed E-state index contributed by atoms with van der Waals surface area (Å²) in [4.78, 5) is 4.48. The lowest BCUT2D eigenvalue weighted by molar-refractivity contribution is 0.572. The summed E-state index contributed by atoms with van der Waals surface area (Å²) in [5, 5.41) is 7.85. The van der Waals surface area contributed by atoms with Gasteiger partial charge in [-0.15, -0.1) is 0 Å². The van der Waals surface area contributed by atoms with Gasteiger partial charge >= 0.3 is 0 Å². The largest absolute Gasteiger partial charge is 0.356 e. The highest BCUT2D eigenvalue weighted by molar-refractivity contribution is 5.28. The number of aromatic nitrogens is 4. The summed E-state index contributed by atoms with van der Waals surface area (Å²) >= 11 is 0. The van der Waals surface area contributed by atoms with E-state index in [-0.39, 0.29) is 0 Å². The second-order valence-electron chi connectivity index (χ2n) is 4.92. The Hall–Kier alpha value is -1.78. The van der Waals surface area contributed by atoms with E-state index in [4.69, 9.17) is 0 Å². The van der Waals surface area contributed by atoms with Crippen molar-refractivity contribution in [3.63, 3.8) is 0 Å². The van der Waals surface area contributed by atoms with Crippen LogP contribution in [-0.4, -0.2) is 25.9 Å². The Balaban J connectivity index is 1.82. The third-order valence-electron chi connectivity index (χ3n) is 3.17. The maximum Gasteiger partial charge on any atom is 0.203 e. The van der Waals surface area contributed by atoms with Gasteiger partial charge in [0, 0.05) is 31.5 Å². The number of imidazole rings is 1. The molecule has 0 radical (unpaired) electrons. The molecule has 2 aromatic rings. The van der Waals surface area contributed by atoms with Gasteiger partial charge in [-0.1, -0.05) is 0 Å². The molecule has 0 aliphatic carbocycles. The fourth-order valence-electron chi connectivity index (χ4n) is 2.26. The summed E-state index contributed by atoms with van der Waals surface area (Å²) in [7, 11) is 0. The molecule has 0 fully saturated rings. The van der Waals surface area contributed by atoms with Crippen LogP contribution in [0, 0.1) is 20.8 Å². The molecule has 0 amide bonds. The molecule has 0 atom stereocenters. The number of hydrogen-bond donors (Lipinski definition) is 1. The average molecular weight is 261 g/mol. The summed E-state index contributed by atoms with van der Waals surface area (Å²) in [5.41, 5.74) is 3.37. The van der Waals surface area contributed by atoms with E-state index >= 15 is 0 Å². The van der Waals surface area contributed by atoms with Crippen molar-refractivity contribution in [3.8, 4) is 0 Å². The third-order valence-corrected chi connectivity index (χ3v) is 3.17. The molecule has 0 aliphatic rings. The predicted molar refractivity (Wildman–Crippen MR) is 77.4 cm³/mol. The Bertz CT molecular complexity index is 538. The van der Waals surface area contributed by atoms with E-state index in [1.54, 1.807) is 0 Å². The number of anilines is 1. The van der Waals surface area contributed by atoms with Crippen LogP contribution in [0.4, 0.5) is 5.95 Å². The maximum atomic E-state index is 4.48. The first-order valence-electron chi connectivity index (χ1n) is 6.89. The molecule has 0 bridgehead atoms.